The first-order chi connectivity index (χ1) is 8.72. The third kappa shape index (κ3) is 2.81. The molecule has 1 unspecified atom stereocenters. The molecule has 2 nitrogen and oxygen atoms in total. The van der Waals surface area contributed by atoms with Gasteiger partial charge < -0.3 is 5.32 Å². The van der Waals surface area contributed by atoms with E-state index in [2.05, 4.69) is 54.7 Å². The second-order valence-electron chi connectivity index (χ2n) is 4.68. The molecule has 0 fully saturated rings. The lowest BCUT2D eigenvalue weighted by molar-refractivity contribution is 0.674. The van der Waals surface area contributed by atoms with E-state index in [0.29, 0.717) is 6.54 Å². The summed E-state index contributed by atoms with van der Waals surface area (Å²) in [5, 5.41) is 14.7. The molecule has 0 aromatic heterocycles. The molecule has 0 saturated carbocycles. The fourth-order valence-electron chi connectivity index (χ4n) is 2.00. The Morgan fingerprint density at radius 2 is 1.89 bits per heavy atom. The van der Waals surface area contributed by atoms with Crippen molar-refractivity contribution in [3.63, 3.8) is 0 Å². The van der Waals surface area contributed by atoms with Crippen LogP contribution in [0.1, 0.15) is 18.9 Å². The van der Waals surface area contributed by atoms with E-state index in [1.165, 1.54) is 16.3 Å². The van der Waals surface area contributed by atoms with E-state index >= 15 is 0 Å². The molecule has 0 spiro atoms. The van der Waals surface area contributed by atoms with Gasteiger partial charge in [0.05, 0.1) is 12.0 Å². The van der Waals surface area contributed by atoms with Crippen LogP contribution in [0.25, 0.3) is 10.8 Å². The van der Waals surface area contributed by atoms with Crippen molar-refractivity contribution in [1.29, 1.82) is 5.26 Å². The smallest absolute Gasteiger partial charge is 0.0674 e. The predicted molar refractivity (Wildman–Crippen MR) is 76.6 cm³/mol. The highest BCUT2D eigenvalue weighted by atomic mass is 14.9. The molecule has 0 heterocycles. The minimum absolute atomic E-state index is 0.0821. The molecule has 2 heteroatoms. The fraction of sp³-hybridized carbons (Fsp3) is 0.312. The average Bonchev–Trinajstić information content (AvgIpc) is 2.40. The Labute approximate surface area is 108 Å². The molecule has 0 aliphatic rings. The maximum Gasteiger partial charge on any atom is 0.0674 e. The van der Waals surface area contributed by atoms with Crippen molar-refractivity contribution in [3.8, 4) is 6.07 Å². The summed E-state index contributed by atoms with van der Waals surface area (Å²) in [7, 11) is 0. The zero-order chi connectivity index (χ0) is 13.0. The molecular formula is C16H18N2. The highest BCUT2D eigenvalue weighted by Gasteiger charge is 2.04. The first-order valence-corrected chi connectivity index (χ1v) is 6.37. The number of aryl methyl sites for hydroxylation is 1. The third-order valence-electron chi connectivity index (χ3n) is 3.22. The number of benzene rings is 2. The van der Waals surface area contributed by atoms with E-state index in [9.17, 15) is 0 Å². The van der Waals surface area contributed by atoms with Gasteiger partial charge in [-0.2, -0.15) is 5.26 Å². The van der Waals surface area contributed by atoms with Crippen molar-refractivity contribution in [2.45, 2.75) is 20.3 Å². The van der Waals surface area contributed by atoms with E-state index in [1.807, 2.05) is 6.92 Å². The standard InChI is InChI=1S/C16H18N2/c1-3-13(10-17)11-18-16-7-6-14-8-12(2)4-5-15(14)9-16/h4-9,13,18H,3,11H2,1-2H3. The predicted octanol–water partition coefficient (Wildman–Crippen LogP) is 4.11. The van der Waals surface area contributed by atoms with Crippen molar-refractivity contribution in [2.24, 2.45) is 5.92 Å². The van der Waals surface area contributed by atoms with Crippen molar-refractivity contribution in [2.75, 3.05) is 11.9 Å². The molecule has 1 N–H and O–H groups in total. The van der Waals surface area contributed by atoms with Crippen molar-refractivity contribution in [1.82, 2.24) is 0 Å². The zero-order valence-electron chi connectivity index (χ0n) is 10.9. The van der Waals surface area contributed by atoms with Gasteiger partial charge in [-0.25, -0.2) is 0 Å². The molecule has 2 aromatic rings. The van der Waals surface area contributed by atoms with Crippen molar-refractivity contribution >= 4 is 16.5 Å². The molecule has 0 aliphatic heterocycles. The quantitative estimate of drug-likeness (QED) is 0.870. The fourth-order valence-corrected chi connectivity index (χ4v) is 2.00. The Hall–Kier alpha value is -2.01. The van der Waals surface area contributed by atoms with Crippen LogP contribution in [0, 0.1) is 24.2 Å². The molecule has 1 atom stereocenters. The zero-order valence-corrected chi connectivity index (χ0v) is 10.9. The molecule has 0 saturated heterocycles. The van der Waals surface area contributed by atoms with Crippen LogP contribution < -0.4 is 5.32 Å². The van der Waals surface area contributed by atoms with Gasteiger partial charge in [-0.3, -0.25) is 0 Å². The summed E-state index contributed by atoms with van der Waals surface area (Å²) in [6.45, 7) is 4.85. The van der Waals surface area contributed by atoms with E-state index < -0.39 is 0 Å². The van der Waals surface area contributed by atoms with E-state index in [4.69, 9.17) is 5.26 Å². The summed E-state index contributed by atoms with van der Waals surface area (Å²) < 4.78 is 0. The van der Waals surface area contributed by atoms with Gasteiger partial charge in [0.25, 0.3) is 0 Å². The van der Waals surface area contributed by atoms with Crippen LogP contribution in [-0.4, -0.2) is 6.54 Å². The molecule has 2 aromatic carbocycles. The molecule has 0 bridgehead atoms. The number of fused-ring (bicyclic) bond motifs is 1. The summed E-state index contributed by atoms with van der Waals surface area (Å²) in [5.41, 5.74) is 2.36. The van der Waals surface area contributed by atoms with Crippen LogP contribution in [0.3, 0.4) is 0 Å². The second kappa shape index (κ2) is 5.55. The lowest BCUT2D eigenvalue weighted by atomic mass is 10.1. The van der Waals surface area contributed by atoms with Crippen LogP contribution in [0.2, 0.25) is 0 Å². The summed E-state index contributed by atoms with van der Waals surface area (Å²) in [6, 6.07) is 15.1. The Bertz CT molecular complexity index is 581. The second-order valence-corrected chi connectivity index (χ2v) is 4.68. The number of anilines is 1. The van der Waals surface area contributed by atoms with Crippen LogP contribution in [0.15, 0.2) is 36.4 Å². The molecular weight excluding hydrogens is 220 g/mol. The topological polar surface area (TPSA) is 35.8 Å². The van der Waals surface area contributed by atoms with Gasteiger partial charge in [0.2, 0.25) is 0 Å². The number of hydrogen-bond acceptors (Lipinski definition) is 2. The number of nitrogens with zero attached hydrogens (tertiary/aromatic N) is 1. The van der Waals surface area contributed by atoms with Gasteiger partial charge in [0.1, 0.15) is 0 Å². The maximum atomic E-state index is 8.92. The Balaban J connectivity index is 2.16. The molecule has 18 heavy (non-hydrogen) atoms. The lowest BCUT2D eigenvalue weighted by Gasteiger charge is -2.10. The number of nitrogens with one attached hydrogen (secondary N) is 1. The molecule has 0 amide bonds. The number of rotatable bonds is 4. The lowest BCUT2D eigenvalue weighted by Crippen LogP contribution is -2.11. The van der Waals surface area contributed by atoms with Crippen molar-refractivity contribution < 1.29 is 0 Å². The average molecular weight is 238 g/mol. The van der Waals surface area contributed by atoms with Gasteiger partial charge in [-0.15, -0.1) is 0 Å². The Morgan fingerprint density at radius 1 is 1.17 bits per heavy atom. The normalized spacial score (nSPS) is 12.1. The van der Waals surface area contributed by atoms with Gasteiger partial charge in [-0.1, -0.05) is 36.8 Å². The monoisotopic (exact) mass is 238 g/mol. The van der Waals surface area contributed by atoms with Gasteiger partial charge in [0, 0.05) is 12.2 Å². The van der Waals surface area contributed by atoms with Crippen LogP contribution in [0.4, 0.5) is 5.69 Å². The largest absolute Gasteiger partial charge is 0.384 e. The van der Waals surface area contributed by atoms with Crippen LogP contribution in [-0.2, 0) is 0 Å². The summed E-state index contributed by atoms with van der Waals surface area (Å²) in [5.74, 6) is 0.0821. The summed E-state index contributed by atoms with van der Waals surface area (Å²) >= 11 is 0. The minimum Gasteiger partial charge on any atom is -0.384 e. The maximum absolute atomic E-state index is 8.92. The third-order valence-corrected chi connectivity index (χ3v) is 3.22. The van der Waals surface area contributed by atoms with Crippen molar-refractivity contribution in [3.05, 3.63) is 42.0 Å². The molecule has 92 valence electrons. The molecule has 0 aliphatic carbocycles. The van der Waals surface area contributed by atoms with Gasteiger partial charge in [-0.05, 0) is 36.2 Å². The number of nitriles is 1. The first kappa shape index (κ1) is 12.4. The highest BCUT2D eigenvalue weighted by Crippen LogP contribution is 2.20. The van der Waals surface area contributed by atoms with Gasteiger partial charge in [0.15, 0.2) is 0 Å². The SMILES string of the molecule is CCC(C#N)CNc1ccc2cc(C)ccc2c1. The summed E-state index contributed by atoms with van der Waals surface area (Å²) in [4.78, 5) is 0. The number of hydrogen-bond donors (Lipinski definition) is 1. The highest BCUT2D eigenvalue weighted by molar-refractivity contribution is 5.86. The first-order valence-electron chi connectivity index (χ1n) is 6.37. The van der Waals surface area contributed by atoms with Crippen LogP contribution >= 0.6 is 0 Å². The van der Waals surface area contributed by atoms with Gasteiger partial charge >= 0.3 is 0 Å². The Kier molecular flexibility index (Phi) is 3.84. The Morgan fingerprint density at radius 3 is 2.61 bits per heavy atom. The van der Waals surface area contributed by atoms with Crippen LogP contribution in [0.5, 0.6) is 0 Å². The summed E-state index contributed by atoms with van der Waals surface area (Å²) in [6.07, 6.45) is 0.885. The minimum atomic E-state index is 0.0821. The van der Waals surface area contributed by atoms with E-state index in [1.54, 1.807) is 0 Å². The van der Waals surface area contributed by atoms with E-state index in [-0.39, 0.29) is 5.92 Å². The van der Waals surface area contributed by atoms with E-state index in [0.717, 1.165) is 12.1 Å². The molecule has 2 rings (SSSR count). The molecule has 0 radical (unpaired) electrons.